The Balaban J connectivity index is 2.47. The van der Waals surface area contributed by atoms with Crippen LogP contribution in [-0.2, 0) is 16.7 Å². The smallest absolute Gasteiger partial charge is 0.407 e. The Labute approximate surface area is 115 Å². The second kappa shape index (κ2) is 5.63. The highest BCUT2D eigenvalue weighted by Crippen LogP contribution is 2.15. The van der Waals surface area contributed by atoms with Crippen LogP contribution in [0.4, 0.5) is 4.79 Å². The van der Waals surface area contributed by atoms with Crippen molar-refractivity contribution in [3.8, 4) is 0 Å². The van der Waals surface area contributed by atoms with E-state index in [-0.39, 0.29) is 11.6 Å². The number of nitrogens with zero attached hydrogens (tertiary/aromatic N) is 2. The lowest BCUT2D eigenvalue weighted by atomic mass is 10.1. The van der Waals surface area contributed by atoms with E-state index in [9.17, 15) is 4.79 Å². The maximum Gasteiger partial charge on any atom is 0.407 e. The Morgan fingerprint density at radius 2 is 1.95 bits per heavy atom. The molecule has 0 bridgehead atoms. The number of carbonyl (C=O) groups excluding carboxylic acids is 1. The molecule has 0 saturated carbocycles. The van der Waals surface area contributed by atoms with Crippen molar-refractivity contribution >= 4 is 6.09 Å². The molecule has 1 N–H and O–H groups in total. The van der Waals surface area contributed by atoms with Crippen LogP contribution in [-0.4, -0.2) is 28.0 Å². The van der Waals surface area contributed by atoms with E-state index in [0.717, 1.165) is 12.1 Å². The zero-order valence-electron chi connectivity index (χ0n) is 12.8. The van der Waals surface area contributed by atoms with E-state index in [2.05, 4.69) is 31.2 Å². The summed E-state index contributed by atoms with van der Waals surface area (Å²) in [6, 6.07) is 1.97. The monoisotopic (exact) mass is 267 g/mol. The first-order valence-electron chi connectivity index (χ1n) is 6.60. The van der Waals surface area contributed by atoms with Crippen molar-refractivity contribution in [2.24, 2.45) is 0 Å². The lowest BCUT2D eigenvalue weighted by Crippen LogP contribution is -2.34. The van der Waals surface area contributed by atoms with E-state index < -0.39 is 5.60 Å². The van der Waals surface area contributed by atoms with E-state index >= 15 is 0 Å². The Morgan fingerprint density at radius 1 is 1.32 bits per heavy atom. The van der Waals surface area contributed by atoms with Crippen molar-refractivity contribution < 1.29 is 9.53 Å². The molecule has 1 heterocycles. The third kappa shape index (κ3) is 5.32. The summed E-state index contributed by atoms with van der Waals surface area (Å²) < 4.78 is 7.16. The number of ether oxygens (including phenoxy) is 1. The minimum atomic E-state index is -0.461. The van der Waals surface area contributed by atoms with Crippen LogP contribution in [0.5, 0.6) is 0 Å². The highest BCUT2D eigenvalue weighted by atomic mass is 16.6. The number of nitrogens with one attached hydrogen (secondary N) is 1. The number of hydrogen-bond donors (Lipinski definition) is 1. The highest BCUT2D eigenvalue weighted by molar-refractivity contribution is 5.67. The number of alkyl carbamates (subject to hydrolysis) is 1. The van der Waals surface area contributed by atoms with Crippen molar-refractivity contribution in [1.82, 2.24) is 15.1 Å². The van der Waals surface area contributed by atoms with Crippen molar-refractivity contribution in [3.63, 3.8) is 0 Å². The molecule has 5 heteroatoms. The molecule has 0 aliphatic carbocycles. The second-order valence-corrected chi connectivity index (χ2v) is 6.58. The summed E-state index contributed by atoms with van der Waals surface area (Å²) in [5.41, 5.74) is 0.589. The lowest BCUT2D eigenvalue weighted by molar-refractivity contribution is 0.0528. The van der Waals surface area contributed by atoms with Crippen molar-refractivity contribution in [2.45, 2.75) is 59.1 Å². The van der Waals surface area contributed by atoms with Crippen LogP contribution in [0.25, 0.3) is 0 Å². The van der Waals surface area contributed by atoms with Gasteiger partial charge in [-0.15, -0.1) is 0 Å². The van der Waals surface area contributed by atoms with E-state index in [4.69, 9.17) is 4.74 Å². The number of hydrogen-bond acceptors (Lipinski definition) is 3. The summed E-state index contributed by atoms with van der Waals surface area (Å²) in [5.74, 6) is 0. The van der Waals surface area contributed by atoms with Gasteiger partial charge in [-0.05, 0) is 47.6 Å². The van der Waals surface area contributed by atoms with Gasteiger partial charge in [-0.2, -0.15) is 5.10 Å². The van der Waals surface area contributed by atoms with Gasteiger partial charge in [-0.25, -0.2) is 4.79 Å². The van der Waals surface area contributed by atoms with Crippen LogP contribution in [0.15, 0.2) is 12.3 Å². The van der Waals surface area contributed by atoms with Gasteiger partial charge >= 0.3 is 6.09 Å². The molecule has 0 aliphatic rings. The minimum absolute atomic E-state index is 0.0508. The van der Waals surface area contributed by atoms with Crippen LogP contribution < -0.4 is 5.32 Å². The molecule has 0 unspecified atom stereocenters. The second-order valence-electron chi connectivity index (χ2n) is 6.58. The van der Waals surface area contributed by atoms with Crippen LogP contribution in [0, 0.1) is 0 Å². The van der Waals surface area contributed by atoms with Crippen LogP contribution >= 0.6 is 0 Å². The van der Waals surface area contributed by atoms with Gasteiger partial charge in [0.25, 0.3) is 0 Å². The minimum Gasteiger partial charge on any atom is -0.444 e. The Bertz CT molecular complexity index is 425. The van der Waals surface area contributed by atoms with Gasteiger partial charge in [0, 0.05) is 24.9 Å². The Morgan fingerprint density at radius 3 is 2.47 bits per heavy atom. The Hall–Kier alpha value is -1.52. The van der Waals surface area contributed by atoms with E-state index in [1.807, 2.05) is 31.5 Å². The molecule has 0 saturated heterocycles. The van der Waals surface area contributed by atoms with Crippen LogP contribution in [0.2, 0.25) is 0 Å². The summed E-state index contributed by atoms with van der Waals surface area (Å²) in [6.45, 7) is 12.4. The lowest BCUT2D eigenvalue weighted by Gasteiger charge is -2.23. The number of aromatic nitrogens is 2. The number of rotatable bonds is 3. The summed E-state index contributed by atoms with van der Waals surface area (Å²) in [4.78, 5) is 11.5. The molecule has 0 aromatic carbocycles. The number of amides is 1. The zero-order chi connectivity index (χ0) is 14.7. The fraction of sp³-hybridized carbons (Fsp3) is 0.714. The number of carbonyl (C=O) groups is 1. The topological polar surface area (TPSA) is 56.1 Å². The molecular weight excluding hydrogens is 242 g/mol. The maximum absolute atomic E-state index is 11.5. The van der Waals surface area contributed by atoms with Gasteiger partial charge in [0.15, 0.2) is 0 Å². The first-order chi connectivity index (χ1) is 8.59. The largest absolute Gasteiger partial charge is 0.444 e. The summed E-state index contributed by atoms with van der Waals surface area (Å²) in [6.07, 6.45) is 2.14. The quantitative estimate of drug-likeness (QED) is 0.916. The molecule has 0 atom stereocenters. The van der Waals surface area contributed by atoms with Crippen LogP contribution in [0.3, 0.4) is 0 Å². The average Bonchev–Trinajstić information content (AvgIpc) is 2.62. The summed E-state index contributed by atoms with van der Waals surface area (Å²) in [7, 11) is 0. The molecule has 1 rings (SSSR count). The third-order valence-electron chi connectivity index (χ3n) is 2.41. The molecule has 108 valence electrons. The fourth-order valence-corrected chi connectivity index (χ4v) is 1.73. The molecule has 0 aliphatic heterocycles. The molecule has 1 amide bonds. The van der Waals surface area contributed by atoms with Crippen molar-refractivity contribution in [2.75, 3.05) is 6.54 Å². The SMILES string of the molecule is CC(C)(C)OC(=O)NCCc1ccnn1C(C)(C)C. The van der Waals surface area contributed by atoms with Crippen molar-refractivity contribution in [3.05, 3.63) is 18.0 Å². The fourth-order valence-electron chi connectivity index (χ4n) is 1.73. The third-order valence-corrected chi connectivity index (χ3v) is 2.41. The van der Waals surface area contributed by atoms with Gasteiger partial charge in [0.1, 0.15) is 5.60 Å². The standard InChI is InChI=1S/C14H25N3O2/c1-13(2,3)17-11(8-10-16-17)7-9-15-12(18)19-14(4,5)6/h8,10H,7,9H2,1-6H3,(H,15,18). The van der Waals surface area contributed by atoms with Gasteiger partial charge in [-0.3, -0.25) is 4.68 Å². The molecule has 1 aromatic rings. The van der Waals surface area contributed by atoms with Gasteiger partial charge < -0.3 is 10.1 Å². The van der Waals surface area contributed by atoms with E-state index in [0.29, 0.717) is 6.54 Å². The molecule has 0 fully saturated rings. The molecule has 1 aromatic heterocycles. The first kappa shape index (κ1) is 15.5. The molecular formula is C14H25N3O2. The molecule has 0 spiro atoms. The average molecular weight is 267 g/mol. The van der Waals surface area contributed by atoms with E-state index in [1.165, 1.54) is 0 Å². The first-order valence-corrected chi connectivity index (χ1v) is 6.60. The van der Waals surface area contributed by atoms with Gasteiger partial charge in [-0.1, -0.05) is 0 Å². The maximum atomic E-state index is 11.5. The van der Waals surface area contributed by atoms with Crippen LogP contribution in [0.1, 0.15) is 47.2 Å². The molecule has 0 radical (unpaired) electrons. The predicted octanol–water partition coefficient (Wildman–Crippen LogP) is 2.71. The molecule has 19 heavy (non-hydrogen) atoms. The predicted molar refractivity (Wildman–Crippen MR) is 75.2 cm³/mol. The molecule has 5 nitrogen and oxygen atoms in total. The summed E-state index contributed by atoms with van der Waals surface area (Å²) >= 11 is 0. The van der Waals surface area contributed by atoms with Gasteiger partial charge in [0.2, 0.25) is 0 Å². The Kier molecular flexibility index (Phi) is 4.61. The van der Waals surface area contributed by atoms with Gasteiger partial charge in [0.05, 0.1) is 5.54 Å². The van der Waals surface area contributed by atoms with Crippen molar-refractivity contribution in [1.29, 1.82) is 0 Å². The summed E-state index contributed by atoms with van der Waals surface area (Å²) in [5, 5.41) is 7.07. The zero-order valence-corrected chi connectivity index (χ0v) is 12.8. The normalized spacial score (nSPS) is 12.3. The highest BCUT2D eigenvalue weighted by Gasteiger charge is 2.18. The van der Waals surface area contributed by atoms with E-state index in [1.54, 1.807) is 6.20 Å².